The summed E-state index contributed by atoms with van der Waals surface area (Å²) in [5.41, 5.74) is 0. The monoisotopic (exact) mass is 140 g/mol. The predicted molar refractivity (Wildman–Crippen MR) is 47.4 cm³/mol. The molecule has 0 saturated carbocycles. The molecular weight excluding hydrogens is 120 g/mol. The van der Waals surface area contributed by atoms with Crippen molar-refractivity contribution < 1.29 is 0 Å². The number of hydrogen-bond donors (Lipinski definition) is 0. The zero-order chi connectivity index (χ0) is 8.15. The number of rotatable bonds is 4. The van der Waals surface area contributed by atoms with E-state index >= 15 is 0 Å². The van der Waals surface area contributed by atoms with Gasteiger partial charge in [-0.15, -0.1) is 0 Å². The van der Waals surface area contributed by atoms with Crippen LogP contribution in [0.25, 0.3) is 0 Å². The van der Waals surface area contributed by atoms with Crippen molar-refractivity contribution in [2.75, 3.05) is 0 Å². The summed E-state index contributed by atoms with van der Waals surface area (Å²) in [7, 11) is 0. The maximum Gasteiger partial charge on any atom is -0.0438 e. The van der Waals surface area contributed by atoms with Crippen LogP contribution in [0.15, 0.2) is 0 Å². The second-order valence-corrected chi connectivity index (χ2v) is 3.79. The molecule has 0 heteroatoms. The Labute approximate surface area is 66.0 Å². The number of hydrogen-bond acceptors (Lipinski definition) is 0. The van der Waals surface area contributed by atoms with Crippen molar-refractivity contribution in [2.24, 2.45) is 17.8 Å². The molecular formula is C10H20. The Balaban J connectivity index is 3.34. The van der Waals surface area contributed by atoms with Crippen molar-refractivity contribution in [1.82, 2.24) is 0 Å². The van der Waals surface area contributed by atoms with Gasteiger partial charge in [0.1, 0.15) is 0 Å². The molecule has 2 radical (unpaired) electrons. The normalized spacial score (nSPS) is 12.0. The van der Waals surface area contributed by atoms with Gasteiger partial charge >= 0.3 is 0 Å². The van der Waals surface area contributed by atoms with Crippen LogP contribution in [0.2, 0.25) is 0 Å². The molecule has 2 unspecified atom stereocenters. The minimum Gasteiger partial charge on any atom is -0.0625 e. The molecule has 0 rings (SSSR count). The first-order valence-electron chi connectivity index (χ1n) is 4.18. The van der Waals surface area contributed by atoms with E-state index in [0.717, 1.165) is 5.92 Å². The second kappa shape index (κ2) is 4.76. The molecule has 0 N–H and O–H groups in total. The third kappa shape index (κ3) is 6.12. The zero-order valence-corrected chi connectivity index (χ0v) is 7.56. The van der Waals surface area contributed by atoms with Crippen LogP contribution in [0, 0.1) is 31.6 Å². The average Bonchev–Trinajstić information content (AvgIpc) is 1.58. The summed E-state index contributed by atoms with van der Waals surface area (Å²) in [5, 5.41) is 0. The molecule has 0 aliphatic rings. The van der Waals surface area contributed by atoms with Crippen molar-refractivity contribution in [3.63, 3.8) is 0 Å². The van der Waals surface area contributed by atoms with Crippen LogP contribution in [-0.2, 0) is 0 Å². The van der Waals surface area contributed by atoms with Crippen LogP contribution < -0.4 is 0 Å². The van der Waals surface area contributed by atoms with Crippen LogP contribution in [0.3, 0.4) is 0 Å². The summed E-state index contributed by atoms with van der Waals surface area (Å²) in [6.07, 6.45) is 2.47. The third-order valence-corrected chi connectivity index (χ3v) is 1.61. The summed E-state index contributed by atoms with van der Waals surface area (Å²) in [4.78, 5) is 0. The summed E-state index contributed by atoms with van der Waals surface area (Å²) in [5.74, 6) is 1.97. The lowest BCUT2D eigenvalue weighted by atomic mass is 9.91. The molecule has 0 fully saturated rings. The molecule has 0 saturated heterocycles. The zero-order valence-electron chi connectivity index (χ0n) is 7.56. The predicted octanol–water partition coefficient (Wildman–Crippen LogP) is 3.34. The molecule has 0 aromatic heterocycles. The largest absolute Gasteiger partial charge is 0.0625 e. The Morgan fingerprint density at radius 2 is 1.20 bits per heavy atom. The van der Waals surface area contributed by atoms with Gasteiger partial charge in [0.2, 0.25) is 0 Å². The highest BCUT2D eigenvalue weighted by Gasteiger charge is 2.06. The summed E-state index contributed by atoms with van der Waals surface area (Å²) in [6, 6.07) is 0. The first kappa shape index (κ1) is 10.0. The van der Waals surface area contributed by atoms with Crippen molar-refractivity contribution in [3.8, 4) is 0 Å². The maximum absolute atomic E-state index is 3.97. The fraction of sp³-hybridized carbons (Fsp3) is 0.800. The van der Waals surface area contributed by atoms with E-state index in [9.17, 15) is 0 Å². The van der Waals surface area contributed by atoms with Gasteiger partial charge in [-0.25, -0.2) is 0 Å². The van der Waals surface area contributed by atoms with Crippen molar-refractivity contribution >= 4 is 0 Å². The lowest BCUT2D eigenvalue weighted by molar-refractivity contribution is 0.398. The van der Waals surface area contributed by atoms with Crippen LogP contribution in [0.1, 0.15) is 33.6 Å². The standard InChI is InChI=1S/C10H20/c1-8(2)6-10(5)7-9(3)4/h8-10H,1,3,6-7H2,2,4-5H3. The maximum atomic E-state index is 3.97. The quantitative estimate of drug-likeness (QED) is 0.562. The lowest BCUT2D eigenvalue weighted by Crippen LogP contribution is -2.03. The first-order valence-corrected chi connectivity index (χ1v) is 4.18. The second-order valence-electron chi connectivity index (χ2n) is 3.79. The minimum absolute atomic E-state index is 0.591. The smallest absolute Gasteiger partial charge is 0.0438 e. The van der Waals surface area contributed by atoms with E-state index in [-0.39, 0.29) is 0 Å². The molecule has 0 aliphatic carbocycles. The molecule has 0 bridgehead atoms. The van der Waals surface area contributed by atoms with Gasteiger partial charge in [-0.1, -0.05) is 34.6 Å². The van der Waals surface area contributed by atoms with Crippen molar-refractivity contribution in [1.29, 1.82) is 0 Å². The summed E-state index contributed by atoms with van der Waals surface area (Å²) >= 11 is 0. The van der Waals surface area contributed by atoms with Gasteiger partial charge in [0.15, 0.2) is 0 Å². The van der Waals surface area contributed by atoms with E-state index in [0.29, 0.717) is 11.8 Å². The van der Waals surface area contributed by atoms with E-state index in [4.69, 9.17) is 0 Å². The Hall–Kier alpha value is 0. The van der Waals surface area contributed by atoms with Gasteiger partial charge in [0.25, 0.3) is 0 Å². The first-order chi connectivity index (χ1) is 4.52. The SMILES string of the molecule is [CH2]C(C)CC(C)CC([CH2])C. The van der Waals surface area contributed by atoms with Crippen molar-refractivity contribution in [2.45, 2.75) is 33.6 Å². The Morgan fingerprint density at radius 1 is 0.900 bits per heavy atom. The van der Waals surface area contributed by atoms with E-state index in [1.54, 1.807) is 0 Å². The van der Waals surface area contributed by atoms with E-state index in [2.05, 4.69) is 34.6 Å². The molecule has 0 spiro atoms. The molecule has 0 aliphatic heterocycles. The fourth-order valence-corrected chi connectivity index (χ4v) is 1.47. The highest BCUT2D eigenvalue weighted by atomic mass is 14.1. The van der Waals surface area contributed by atoms with Crippen LogP contribution in [0.5, 0.6) is 0 Å². The van der Waals surface area contributed by atoms with Gasteiger partial charge in [-0.05, 0) is 30.6 Å². The molecule has 0 nitrogen and oxygen atoms in total. The molecule has 2 atom stereocenters. The van der Waals surface area contributed by atoms with Crippen LogP contribution >= 0.6 is 0 Å². The van der Waals surface area contributed by atoms with Crippen LogP contribution in [-0.4, -0.2) is 0 Å². The topological polar surface area (TPSA) is 0 Å². The fourth-order valence-electron chi connectivity index (χ4n) is 1.47. The average molecular weight is 140 g/mol. The minimum atomic E-state index is 0.591. The molecule has 0 aromatic rings. The summed E-state index contributed by atoms with van der Waals surface area (Å²) in [6.45, 7) is 14.6. The van der Waals surface area contributed by atoms with Gasteiger partial charge in [-0.2, -0.15) is 0 Å². The highest BCUT2D eigenvalue weighted by Crippen LogP contribution is 2.18. The van der Waals surface area contributed by atoms with E-state index < -0.39 is 0 Å². The van der Waals surface area contributed by atoms with E-state index in [1.165, 1.54) is 12.8 Å². The Bertz CT molecular complexity index is 62.1. The Kier molecular flexibility index (Phi) is 4.76. The molecule has 0 aromatic carbocycles. The summed E-state index contributed by atoms with van der Waals surface area (Å²) < 4.78 is 0. The van der Waals surface area contributed by atoms with Crippen molar-refractivity contribution in [3.05, 3.63) is 13.8 Å². The third-order valence-electron chi connectivity index (χ3n) is 1.61. The van der Waals surface area contributed by atoms with Gasteiger partial charge in [0, 0.05) is 0 Å². The van der Waals surface area contributed by atoms with E-state index in [1.807, 2.05) is 0 Å². The molecule has 0 heterocycles. The Morgan fingerprint density at radius 3 is 1.40 bits per heavy atom. The van der Waals surface area contributed by atoms with Gasteiger partial charge in [0.05, 0.1) is 0 Å². The molecule has 0 amide bonds. The van der Waals surface area contributed by atoms with Gasteiger partial charge in [-0.3, -0.25) is 0 Å². The molecule has 10 heavy (non-hydrogen) atoms. The lowest BCUT2D eigenvalue weighted by Gasteiger charge is -2.15. The molecule has 60 valence electrons. The highest BCUT2D eigenvalue weighted by molar-refractivity contribution is 4.64. The van der Waals surface area contributed by atoms with Gasteiger partial charge < -0.3 is 0 Å². The van der Waals surface area contributed by atoms with Crippen LogP contribution in [0.4, 0.5) is 0 Å².